The number of nitrogens with zero attached hydrogens (tertiary/aromatic N) is 4. The Bertz CT molecular complexity index is 508. The van der Waals surface area contributed by atoms with Crippen LogP contribution in [0, 0.1) is 10.1 Å². The molecule has 6 nitrogen and oxygen atoms in total. The van der Waals surface area contributed by atoms with Crippen molar-refractivity contribution in [2.75, 3.05) is 6.54 Å². The average molecular weight is 220 g/mol. The number of fused-ring (bicyclic) bond motifs is 1. The molecule has 16 heavy (non-hydrogen) atoms. The maximum Gasteiger partial charge on any atom is 0.226 e. The van der Waals surface area contributed by atoms with Gasteiger partial charge in [-0.2, -0.15) is 0 Å². The van der Waals surface area contributed by atoms with Gasteiger partial charge >= 0.3 is 0 Å². The molecule has 0 aliphatic heterocycles. The summed E-state index contributed by atoms with van der Waals surface area (Å²) in [6, 6.07) is 7.23. The van der Waals surface area contributed by atoms with Crippen molar-refractivity contribution in [3.8, 4) is 0 Å². The lowest BCUT2D eigenvalue weighted by molar-refractivity contribution is -0.486. The van der Waals surface area contributed by atoms with Gasteiger partial charge in [0.2, 0.25) is 6.54 Å². The minimum atomic E-state index is -0.315. The Hall–Kier alpha value is -1.98. The van der Waals surface area contributed by atoms with Crippen molar-refractivity contribution >= 4 is 11.0 Å². The van der Waals surface area contributed by atoms with Gasteiger partial charge in [0.1, 0.15) is 11.6 Å². The summed E-state index contributed by atoms with van der Waals surface area (Å²) >= 11 is 0. The predicted octanol–water partition coefficient (Wildman–Crippen LogP) is 1.66. The second kappa shape index (κ2) is 4.26. The zero-order valence-corrected chi connectivity index (χ0v) is 8.91. The lowest BCUT2D eigenvalue weighted by atomic mass is 10.2. The van der Waals surface area contributed by atoms with E-state index in [0.29, 0.717) is 6.42 Å². The maximum absolute atomic E-state index is 10.5. The highest BCUT2D eigenvalue weighted by molar-refractivity contribution is 5.73. The fourth-order valence-corrected chi connectivity index (χ4v) is 1.71. The molecular weight excluding hydrogens is 208 g/mol. The Morgan fingerprint density at radius 2 is 2.25 bits per heavy atom. The van der Waals surface area contributed by atoms with Crippen molar-refractivity contribution in [2.24, 2.45) is 0 Å². The molecule has 0 saturated carbocycles. The molecule has 2 rings (SSSR count). The monoisotopic (exact) mass is 220 g/mol. The fraction of sp³-hybridized carbons (Fsp3) is 0.400. The number of nitro groups is 1. The zero-order valence-electron chi connectivity index (χ0n) is 8.91. The van der Waals surface area contributed by atoms with Crippen molar-refractivity contribution in [1.29, 1.82) is 0 Å². The topological polar surface area (TPSA) is 73.8 Å². The molecule has 1 heterocycles. The largest absolute Gasteiger partial charge is 0.264 e. The van der Waals surface area contributed by atoms with Crippen LogP contribution in [0.5, 0.6) is 0 Å². The van der Waals surface area contributed by atoms with Crippen LogP contribution in [-0.4, -0.2) is 26.5 Å². The summed E-state index contributed by atoms with van der Waals surface area (Å²) in [6.07, 6.45) is 0.661. The van der Waals surface area contributed by atoms with Crippen LogP contribution in [0.2, 0.25) is 0 Å². The van der Waals surface area contributed by atoms with E-state index >= 15 is 0 Å². The van der Waals surface area contributed by atoms with Crippen molar-refractivity contribution in [1.82, 2.24) is 15.0 Å². The van der Waals surface area contributed by atoms with Crippen LogP contribution in [0.1, 0.15) is 19.4 Å². The van der Waals surface area contributed by atoms with E-state index in [1.54, 1.807) is 4.68 Å². The molecule has 0 N–H and O–H groups in total. The summed E-state index contributed by atoms with van der Waals surface area (Å²) < 4.78 is 1.64. The molecular formula is C10H12N4O2. The second-order valence-electron chi connectivity index (χ2n) is 3.60. The molecule has 2 aromatic rings. The summed E-state index contributed by atoms with van der Waals surface area (Å²) in [5, 5.41) is 18.5. The predicted molar refractivity (Wildman–Crippen MR) is 58.7 cm³/mol. The minimum Gasteiger partial charge on any atom is -0.264 e. The first-order valence-corrected chi connectivity index (χ1v) is 5.14. The van der Waals surface area contributed by atoms with Gasteiger partial charge in [0, 0.05) is 4.92 Å². The molecule has 1 aromatic carbocycles. The molecule has 0 saturated heterocycles. The third-order valence-corrected chi connectivity index (χ3v) is 2.55. The second-order valence-corrected chi connectivity index (χ2v) is 3.60. The number of rotatable bonds is 4. The van der Waals surface area contributed by atoms with Crippen LogP contribution in [0.15, 0.2) is 24.3 Å². The van der Waals surface area contributed by atoms with Crippen molar-refractivity contribution in [3.63, 3.8) is 0 Å². The summed E-state index contributed by atoms with van der Waals surface area (Å²) in [7, 11) is 0. The van der Waals surface area contributed by atoms with Gasteiger partial charge in [0.15, 0.2) is 0 Å². The third-order valence-electron chi connectivity index (χ3n) is 2.55. The lowest BCUT2D eigenvalue weighted by Crippen LogP contribution is -2.19. The smallest absolute Gasteiger partial charge is 0.226 e. The summed E-state index contributed by atoms with van der Waals surface area (Å²) in [6.45, 7) is 1.79. The van der Waals surface area contributed by atoms with E-state index in [2.05, 4.69) is 10.3 Å². The van der Waals surface area contributed by atoms with Crippen LogP contribution in [-0.2, 0) is 0 Å². The Morgan fingerprint density at radius 1 is 1.50 bits per heavy atom. The van der Waals surface area contributed by atoms with Crippen LogP contribution < -0.4 is 0 Å². The number of para-hydroxylation sites is 1. The van der Waals surface area contributed by atoms with E-state index in [1.165, 1.54) is 0 Å². The van der Waals surface area contributed by atoms with Crippen LogP contribution >= 0.6 is 0 Å². The normalized spacial score (nSPS) is 12.8. The molecule has 0 spiro atoms. The highest BCUT2D eigenvalue weighted by Crippen LogP contribution is 2.17. The zero-order chi connectivity index (χ0) is 11.5. The molecule has 1 atom stereocenters. The van der Waals surface area contributed by atoms with Crippen LogP contribution in [0.4, 0.5) is 0 Å². The van der Waals surface area contributed by atoms with E-state index in [1.807, 2.05) is 31.2 Å². The molecule has 0 amide bonds. The molecule has 0 fully saturated rings. The molecule has 1 aromatic heterocycles. The SMILES string of the molecule is CCC(C[N+](=O)[O-])n1nnc2ccccc21. The summed E-state index contributed by atoms with van der Waals surface area (Å²) in [5.41, 5.74) is 1.61. The van der Waals surface area contributed by atoms with E-state index in [9.17, 15) is 10.1 Å². The van der Waals surface area contributed by atoms with Gasteiger partial charge in [0.05, 0.1) is 5.52 Å². The molecule has 6 heteroatoms. The molecule has 84 valence electrons. The van der Waals surface area contributed by atoms with Gasteiger partial charge in [-0.1, -0.05) is 24.3 Å². The first kappa shape index (κ1) is 10.5. The number of aromatic nitrogens is 3. The van der Waals surface area contributed by atoms with E-state index in [4.69, 9.17) is 0 Å². The number of hydrogen-bond donors (Lipinski definition) is 0. The molecule has 0 aliphatic carbocycles. The van der Waals surface area contributed by atoms with Gasteiger partial charge in [0.25, 0.3) is 0 Å². The van der Waals surface area contributed by atoms with E-state index < -0.39 is 0 Å². The standard InChI is InChI=1S/C10H12N4O2/c1-2-8(7-13(15)16)14-10-6-4-3-5-9(10)11-12-14/h3-6,8H,2,7H2,1H3. The van der Waals surface area contributed by atoms with Crippen molar-refractivity contribution in [3.05, 3.63) is 34.4 Å². The average Bonchev–Trinajstić information content (AvgIpc) is 2.69. The molecule has 0 aliphatic rings. The minimum absolute atomic E-state index is 0.121. The summed E-state index contributed by atoms with van der Waals surface area (Å²) in [4.78, 5) is 10.2. The quantitative estimate of drug-likeness (QED) is 0.580. The number of hydrogen-bond acceptors (Lipinski definition) is 4. The third kappa shape index (κ3) is 1.86. The first-order valence-electron chi connectivity index (χ1n) is 5.14. The highest BCUT2D eigenvalue weighted by Gasteiger charge is 2.18. The number of benzene rings is 1. The van der Waals surface area contributed by atoms with E-state index in [0.717, 1.165) is 11.0 Å². The van der Waals surface area contributed by atoms with Gasteiger partial charge in [-0.05, 0) is 18.6 Å². The molecule has 0 bridgehead atoms. The Labute approximate surface area is 92.0 Å². The highest BCUT2D eigenvalue weighted by atomic mass is 16.6. The first-order chi connectivity index (χ1) is 7.72. The fourth-order valence-electron chi connectivity index (χ4n) is 1.71. The van der Waals surface area contributed by atoms with Crippen molar-refractivity contribution in [2.45, 2.75) is 19.4 Å². The molecule has 1 unspecified atom stereocenters. The van der Waals surface area contributed by atoms with Gasteiger partial charge < -0.3 is 0 Å². The van der Waals surface area contributed by atoms with E-state index in [-0.39, 0.29) is 17.5 Å². The van der Waals surface area contributed by atoms with Gasteiger partial charge in [-0.3, -0.25) is 10.1 Å². The van der Waals surface area contributed by atoms with Gasteiger partial charge in [-0.15, -0.1) is 5.10 Å². The molecule has 0 radical (unpaired) electrons. The van der Waals surface area contributed by atoms with Gasteiger partial charge in [-0.25, -0.2) is 4.68 Å². The maximum atomic E-state index is 10.5. The Morgan fingerprint density at radius 3 is 2.94 bits per heavy atom. The lowest BCUT2D eigenvalue weighted by Gasteiger charge is -2.10. The van der Waals surface area contributed by atoms with Crippen molar-refractivity contribution < 1.29 is 4.92 Å². The van der Waals surface area contributed by atoms with Crippen LogP contribution in [0.3, 0.4) is 0 Å². The Kier molecular flexibility index (Phi) is 2.80. The Balaban J connectivity index is 2.41. The van der Waals surface area contributed by atoms with Crippen LogP contribution in [0.25, 0.3) is 11.0 Å². The summed E-state index contributed by atoms with van der Waals surface area (Å²) in [5.74, 6) is 0.